The van der Waals surface area contributed by atoms with E-state index in [-0.39, 0.29) is 0 Å². The Morgan fingerprint density at radius 2 is 1.29 bits per heavy atom. The van der Waals surface area contributed by atoms with Crippen LogP contribution < -0.4 is 0 Å². The lowest BCUT2D eigenvalue weighted by Gasteiger charge is -2.27. The fourth-order valence-electron chi connectivity index (χ4n) is 3.10. The Kier molecular flexibility index (Phi) is 7.51. The Labute approximate surface area is 149 Å². The summed E-state index contributed by atoms with van der Waals surface area (Å²) in [5, 5.41) is 19.2. The van der Waals surface area contributed by atoms with Gasteiger partial charge in [-0.1, -0.05) is 44.5 Å². The van der Waals surface area contributed by atoms with E-state index in [1.165, 1.54) is 29.7 Å². The summed E-state index contributed by atoms with van der Waals surface area (Å²) < 4.78 is 0. The Morgan fingerprint density at radius 3 is 1.75 bits per heavy atom. The highest BCUT2D eigenvalue weighted by Crippen LogP contribution is 2.39. The number of rotatable bonds is 9. The number of phenolic OH excluding ortho intramolecular Hbond substituents is 2. The van der Waals surface area contributed by atoms with Crippen molar-refractivity contribution in [2.75, 3.05) is 11.5 Å². The zero-order chi connectivity index (χ0) is 17.4. The molecule has 130 valence electrons. The van der Waals surface area contributed by atoms with Crippen LogP contribution in [0.3, 0.4) is 0 Å². The molecule has 2 nitrogen and oxygen atoms in total. The first-order chi connectivity index (χ1) is 11.7. The molecule has 0 aromatic heterocycles. The Balaban J connectivity index is 2.24. The molecule has 2 aromatic rings. The van der Waals surface area contributed by atoms with Crippen LogP contribution in [0.5, 0.6) is 11.5 Å². The molecule has 2 atom stereocenters. The molecule has 0 aliphatic carbocycles. The van der Waals surface area contributed by atoms with Crippen molar-refractivity contribution in [3.63, 3.8) is 0 Å². The number of aromatic hydroxyl groups is 2. The summed E-state index contributed by atoms with van der Waals surface area (Å²) in [6.07, 6.45) is 3.53. The molecule has 0 amide bonds. The SMILES string of the molecule is CCCCSCC(c1ccc(O)cc1)C(CC)c1ccc(O)cc1. The van der Waals surface area contributed by atoms with E-state index in [2.05, 4.69) is 13.8 Å². The summed E-state index contributed by atoms with van der Waals surface area (Å²) in [7, 11) is 0. The number of hydrogen-bond donors (Lipinski definition) is 2. The average molecular weight is 345 g/mol. The molecule has 2 rings (SSSR count). The van der Waals surface area contributed by atoms with Gasteiger partial charge in [0.25, 0.3) is 0 Å². The highest BCUT2D eigenvalue weighted by molar-refractivity contribution is 7.99. The summed E-state index contributed by atoms with van der Waals surface area (Å²) in [5.74, 6) is 3.70. The van der Waals surface area contributed by atoms with Crippen LogP contribution >= 0.6 is 11.8 Å². The number of hydrogen-bond acceptors (Lipinski definition) is 3. The van der Waals surface area contributed by atoms with Gasteiger partial charge in [0.05, 0.1) is 0 Å². The third kappa shape index (κ3) is 5.20. The molecule has 0 bridgehead atoms. The van der Waals surface area contributed by atoms with Gasteiger partial charge in [-0.3, -0.25) is 0 Å². The third-order valence-electron chi connectivity index (χ3n) is 4.51. The van der Waals surface area contributed by atoms with E-state index in [1.54, 1.807) is 24.3 Å². The number of benzene rings is 2. The molecule has 0 radical (unpaired) electrons. The maximum absolute atomic E-state index is 9.59. The molecular weight excluding hydrogens is 316 g/mol. The second-order valence-electron chi connectivity index (χ2n) is 6.23. The summed E-state index contributed by atoms with van der Waals surface area (Å²) in [4.78, 5) is 0. The van der Waals surface area contributed by atoms with Crippen LogP contribution in [0.2, 0.25) is 0 Å². The van der Waals surface area contributed by atoms with Crippen LogP contribution in [-0.2, 0) is 0 Å². The van der Waals surface area contributed by atoms with Crippen LogP contribution in [0, 0.1) is 0 Å². The van der Waals surface area contributed by atoms with Crippen molar-refractivity contribution in [2.24, 2.45) is 0 Å². The molecular formula is C21H28O2S. The van der Waals surface area contributed by atoms with Crippen LogP contribution in [-0.4, -0.2) is 21.7 Å². The standard InChI is InChI=1S/C21H28O2S/c1-3-5-14-24-15-21(17-8-12-19(23)13-9-17)20(4-2)16-6-10-18(22)11-7-16/h6-13,20-23H,3-5,14-15H2,1-2H3. The second-order valence-corrected chi connectivity index (χ2v) is 7.38. The van der Waals surface area contributed by atoms with Gasteiger partial charge in [-0.05, 0) is 65.8 Å². The minimum Gasteiger partial charge on any atom is -0.508 e. The monoisotopic (exact) mass is 344 g/mol. The zero-order valence-corrected chi connectivity index (χ0v) is 15.4. The lowest BCUT2D eigenvalue weighted by Crippen LogP contribution is -2.14. The third-order valence-corrected chi connectivity index (χ3v) is 5.68. The number of thioether (sulfide) groups is 1. The lowest BCUT2D eigenvalue weighted by molar-refractivity contribution is 0.472. The van der Waals surface area contributed by atoms with Crippen molar-refractivity contribution in [2.45, 2.75) is 44.9 Å². The van der Waals surface area contributed by atoms with Crippen LogP contribution in [0.25, 0.3) is 0 Å². The molecule has 0 saturated heterocycles. The first-order valence-corrected chi connectivity index (χ1v) is 9.96. The lowest BCUT2D eigenvalue weighted by atomic mass is 9.81. The predicted octanol–water partition coefficient (Wildman–Crippen LogP) is 5.91. The first-order valence-electron chi connectivity index (χ1n) is 8.81. The second kappa shape index (κ2) is 9.63. The maximum Gasteiger partial charge on any atom is 0.115 e. The largest absolute Gasteiger partial charge is 0.508 e. The molecule has 2 aromatic carbocycles. The molecule has 0 aliphatic heterocycles. The highest BCUT2D eigenvalue weighted by atomic mass is 32.2. The van der Waals surface area contributed by atoms with E-state index in [4.69, 9.17) is 0 Å². The van der Waals surface area contributed by atoms with Crippen LogP contribution in [0.4, 0.5) is 0 Å². The van der Waals surface area contributed by atoms with Gasteiger partial charge in [0.15, 0.2) is 0 Å². The van der Waals surface area contributed by atoms with E-state index in [1.807, 2.05) is 36.0 Å². The molecule has 2 N–H and O–H groups in total. The van der Waals surface area contributed by atoms with Crippen LogP contribution in [0.15, 0.2) is 48.5 Å². The smallest absolute Gasteiger partial charge is 0.115 e. The number of unbranched alkanes of at least 4 members (excludes halogenated alkanes) is 1. The molecule has 0 fully saturated rings. The Hall–Kier alpha value is -1.61. The van der Waals surface area contributed by atoms with Crippen molar-refractivity contribution >= 4 is 11.8 Å². The van der Waals surface area contributed by atoms with Gasteiger partial charge in [0, 0.05) is 5.75 Å². The maximum atomic E-state index is 9.59. The molecule has 24 heavy (non-hydrogen) atoms. The fourth-order valence-corrected chi connectivity index (χ4v) is 4.44. The highest BCUT2D eigenvalue weighted by Gasteiger charge is 2.23. The summed E-state index contributed by atoms with van der Waals surface area (Å²) in [6.45, 7) is 4.45. The summed E-state index contributed by atoms with van der Waals surface area (Å²) in [5.41, 5.74) is 2.54. The van der Waals surface area contributed by atoms with Crippen molar-refractivity contribution in [1.82, 2.24) is 0 Å². The van der Waals surface area contributed by atoms with E-state index >= 15 is 0 Å². The van der Waals surface area contributed by atoms with Crippen LogP contribution in [0.1, 0.15) is 56.1 Å². The molecule has 0 aliphatic rings. The van der Waals surface area contributed by atoms with Gasteiger partial charge >= 0.3 is 0 Å². The van der Waals surface area contributed by atoms with E-state index < -0.39 is 0 Å². The fraction of sp³-hybridized carbons (Fsp3) is 0.429. The zero-order valence-electron chi connectivity index (χ0n) is 14.6. The van der Waals surface area contributed by atoms with Gasteiger partial charge in [-0.2, -0.15) is 11.8 Å². The van der Waals surface area contributed by atoms with E-state index in [0.29, 0.717) is 23.3 Å². The molecule has 2 unspecified atom stereocenters. The van der Waals surface area contributed by atoms with Crippen molar-refractivity contribution in [3.05, 3.63) is 59.7 Å². The first kappa shape index (κ1) is 18.7. The quantitative estimate of drug-likeness (QED) is 0.556. The van der Waals surface area contributed by atoms with Crippen molar-refractivity contribution < 1.29 is 10.2 Å². The van der Waals surface area contributed by atoms with Gasteiger partial charge in [0.2, 0.25) is 0 Å². The minimum atomic E-state index is 0.312. The van der Waals surface area contributed by atoms with Gasteiger partial charge in [0.1, 0.15) is 11.5 Å². The van der Waals surface area contributed by atoms with Crippen molar-refractivity contribution in [3.8, 4) is 11.5 Å². The predicted molar refractivity (Wildman–Crippen MR) is 104 cm³/mol. The molecule has 0 saturated carbocycles. The topological polar surface area (TPSA) is 40.5 Å². The van der Waals surface area contributed by atoms with Gasteiger partial charge in [-0.25, -0.2) is 0 Å². The Morgan fingerprint density at radius 1 is 0.792 bits per heavy atom. The molecule has 0 heterocycles. The molecule has 0 spiro atoms. The molecule has 3 heteroatoms. The average Bonchev–Trinajstić information content (AvgIpc) is 2.60. The van der Waals surface area contributed by atoms with E-state index in [0.717, 1.165) is 12.2 Å². The van der Waals surface area contributed by atoms with Crippen molar-refractivity contribution in [1.29, 1.82) is 0 Å². The number of phenols is 2. The van der Waals surface area contributed by atoms with Gasteiger partial charge in [-0.15, -0.1) is 0 Å². The minimum absolute atomic E-state index is 0.312. The van der Waals surface area contributed by atoms with E-state index in [9.17, 15) is 10.2 Å². The normalized spacial score (nSPS) is 13.6. The Bertz CT molecular complexity index is 592. The van der Waals surface area contributed by atoms with Gasteiger partial charge < -0.3 is 10.2 Å². The summed E-state index contributed by atoms with van der Waals surface area (Å²) >= 11 is 2.01. The summed E-state index contributed by atoms with van der Waals surface area (Å²) in [6, 6.07) is 15.3.